The maximum absolute atomic E-state index is 14.3. The maximum Gasteiger partial charge on any atom is 0.416 e. The van der Waals surface area contributed by atoms with Gasteiger partial charge in [-0.05, 0) is 56.9 Å². The largest absolute Gasteiger partial charge is 0.504 e. The van der Waals surface area contributed by atoms with Gasteiger partial charge in [-0.2, -0.15) is 22.7 Å². The number of carbonyl (C=O) groups is 2. The lowest BCUT2D eigenvalue weighted by molar-refractivity contribution is -0.137. The molecule has 18 heteroatoms. The van der Waals surface area contributed by atoms with Crippen molar-refractivity contribution in [3.8, 4) is 5.75 Å². The summed E-state index contributed by atoms with van der Waals surface area (Å²) >= 11 is 6.13. The van der Waals surface area contributed by atoms with E-state index in [-0.39, 0.29) is 71.4 Å². The van der Waals surface area contributed by atoms with Crippen LogP contribution in [0.15, 0.2) is 35.4 Å². The predicted octanol–water partition coefficient (Wildman–Crippen LogP) is 4.11. The van der Waals surface area contributed by atoms with Crippen LogP contribution in [0.2, 0.25) is 5.02 Å². The fourth-order valence-corrected chi connectivity index (χ4v) is 6.49. The van der Waals surface area contributed by atoms with Crippen molar-refractivity contribution in [2.75, 3.05) is 43.1 Å². The number of anilines is 2. The van der Waals surface area contributed by atoms with Gasteiger partial charge in [0, 0.05) is 25.7 Å². The summed E-state index contributed by atoms with van der Waals surface area (Å²) in [5.41, 5.74) is 0.229. The monoisotopic (exact) mass is 729 g/mol. The summed E-state index contributed by atoms with van der Waals surface area (Å²) in [6, 6.07) is 2.35. The fourth-order valence-electron chi connectivity index (χ4n) is 6.27. The SMILES string of the molecule is CCc1c(N2CC[C@H](C)N(C(=O)c3ncnc(C)c3O)CC2)c(=O)n2nc(C3=CCOCC3)nc2n1CC(=O)Nc1ccc(C(F)(F)F)cc1Cl. The highest BCUT2D eigenvalue weighted by Gasteiger charge is 2.33. The van der Waals surface area contributed by atoms with E-state index in [9.17, 15) is 32.7 Å². The molecular formula is C33H35ClF3N9O5. The predicted molar refractivity (Wildman–Crippen MR) is 181 cm³/mol. The Morgan fingerprint density at radius 3 is 2.65 bits per heavy atom. The first-order valence-electron chi connectivity index (χ1n) is 16.3. The van der Waals surface area contributed by atoms with Crippen molar-refractivity contribution in [2.45, 2.75) is 58.8 Å². The van der Waals surface area contributed by atoms with Crippen molar-refractivity contribution in [2.24, 2.45) is 0 Å². The highest BCUT2D eigenvalue weighted by molar-refractivity contribution is 6.33. The van der Waals surface area contributed by atoms with Crippen molar-refractivity contribution in [3.63, 3.8) is 0 Å². The zero-order valence-electron chi connectivity index (χ0n) is 28.0. The second kappa shape index (κ2) is 14.3. The average molecular weight is 730 g/mol. The van der Waals surface area contributed by atoms with Crippen LogP contribution in [0.1, 0.15) is 60.0 Å². The number of carbonyl (C=O) groups excluding carboxylic acids is 2. The van der Waals surface area contributed by atoms with Crippen molar-refractivity contribution in [1.29, 1.82) is 0 Å². The Labute approximate surface area is 294 Å². The molecule has 2 aliphatic heterocycles. The van der Waals surface area contributed by atoms with Gasteiger partial charge in [0.1, 0.15) is 18.6 Å². The summed E-state index contributed by atoms with van der Waals surface area (Å²) in [7, 11) is 0. The Balaban J connectivity index is 1.38. The lowest BCUT2D eigenvalue weighted by atomic mass is 10.1. The van der Waals surface area contributed by atoms with Gasteiger partial charge in [0.25, 0.3) is 11.5 Å². The van der Waals surface area contributed by atoms with Crippen LogP contribution in [0.25, 0.3) is 11.4 Å². The number of aryl methyl sites for hydroxylation is 1. The quantitative estimate of drug-likeness (QED) is 0.284. The summed E-state index contributed by atoms with van der Waals surface area (Å²) < 4.78 is 47.8. The normalized spacial score (nSPS) is 17.0. The molecule has 1 fully saturated rings. The third-order valence-electron chi connectivity index (χ3n) is 9.03. The molecule has 4 aromatic rings. The molecule has 1 aromatic carbocycles. The number of nitrogens with one attached hydrogen (secondary N) is 1. The van der Waals surface area contributed by atoms with E-state index in [0.29, 0.717) is 44.1 Å². The number of alkyl halides is 3. The van der Waals surface area contributed by atoms with Gasteiger partial charge < -0.3 is 29.5 Å². The molecule has 2 N–H and O–H groups in total. The van der Waals surface area contributed by atoms with E-state index in [0.717, 1.165) is 28.3 Å². The van der Waals surface area contributed by atoms with Crippen LogP contribution in [0.4, 0.5) is 24.5 Å². The molecule has 14 nitrogen and oxygen atoms in total. The Morgan fingerprint density at radius 2 is 1.96 bits per heavy atom. The van der Waals surface area contributed by atoms with Crippen molar-refractivity contribution >= 4 is 46.1 Å². The fraction of sp³-hybridized carbons (Fsp3) is 0.424. The number of ether oxygens (including phenoxy) is 1. The molecule has 0 spiro atoms. The number of aromatic nitrogens is 6. The molecule has 0 unspecified atom stereocenters. The minimum atomic E-state index is -4.61. The molecule has 1 saturated heterocycles. The highest BCUT2D eigenvalue weighted by Crippen LogP contribution is 2.34. The summed E-state index contributed by atoms with van der Waals surface area (Å²) in [4.78, 5) is 57.5. The van der Waals surface area contributed by atoms with Crippen molar-refractivity contribution in [3.05, 3.63) is 74.4 Å². The van der Waals surface area contributed by atoms with E-state index in [2.05, 4.69) is 25.4 Å². The Hall–Kier alpha value is -5.03. The van der Waals surface area contributed by atoms with Crippen molar-refractivity contribution in [1.82, 2.24) is 34.0 Å². The molecule has 3 aromatic heterocycles. The first-order valence-corrected chi connectivity index (χ1v) is 16.7. The number of halogens is 4. The lowest BCUT2D eigenvalue weighted by Crippen LogP contribution is -2.41. The van der Waals surface area contributed by atoms with Gasteiger partial charge in [0.15, 0.2) is 17.3 Å². The Kier molecular flexibility index (Phi) is 10.0. The van der Waals surface area contributed by atoms with Crippen LogP contribution in [0.3, 0.4) is 0 Å². The first-order chi connectivity index (χ1) is 24.3. The minimum Gasteiger partial charge on any atom is -0.504 e. The van der Waals surface area contributed by atoms with Crippen LogP contribution in [0, 0.1) is 6.92 Å². The molecule has 5 heterocycles. The van der Waals surface area contributed by atoms with Crippen LogP contribution in [-0.4, -0.2) is 89.8 Å². The number of hydrogen-bond acceptors (Lipinski definition) is 10. The Bertz CT molecular complexity index is 2100. The number of benzene rings is 1. The van der Waals surface area contributed by atoms with Crippen LogP contribution >= 0.6 is 11.6 Å². The first kappa shape index (κ1) is 35.8. The van der Waals surface area contributed by atoms with Crippen LogP contribution < -0.4 is 15.8 Å². The number of amides is 2. The van der Waals surface area contributed by atoms with Gasteiger partial charge in [-0.15, -0.1) is 5.10 Å². The summed E-state index contributed by atoms with van der Waals surface area (Å²) in [5.74, 6) is -0.990. The zero-order valence-corrected chi connectivity index (χ0v) is 28.8. The molecule has 0 saturated carbocycles. The highest BCUT2D eigenvalue weighted by atomic mass is 35.5. The van der Waals surface area contributed by atoms with E-state index in [1.165, 1.54) is 6.33 Å². The standard InChI is InChI=1S/C33H35ClF3N9O5/c1-4-24-27(43-10-7-18(2)44(12-11-43)30(49)26-28(48)19(3)38-17-39-26)31(50)46-32(41-29(42-46)20-8-13-51-14-9-20)45(24)16-25(47)40-23-6-5-21(15-22(23)34)33(35,36)37/h5-6,8,15,17-18,48H,4,7,9-14,16H2,1-3H3,(H,40,47)/t18-/m0/s1. The van der Waals surface area contributed by atoms with Gasteiger partial charge in [0.2, 0.25) is 11.7 Å². The van der Waals surface area contributed by atoms with Crippen molar-refractivity contribution < 1.29 is 32.6 Å². The minimum absolute atomic E-state index is 0.0179. The second-order valence-corrected chi connectivity index (χ2v) is 12.7. The maximum atomic E-state index is 14.3. The van der Waals surface area contributed by atoms with E-state index < -0.39 is 29.1 Å². The molecule has 270 valence electrons. The molecule has 0 aliphatic carbocycles. The number of fused-ring (bicyclic) bond motifs is 1. The van der Waals surface area contributed by atoms with Gasteiger partial charge in [-0.3, -0.25) is 14.4 Å². The summed E-state index contributed by atoms with van der Waals surface area (Å²) in [5, 5.41) is 17.4. The molecule has 0 radical (unpaired) electrons. The molecule has 51 heavy (non-hydrogen) atoms. The molecule has 6 rings (SSSR count). The topological polar surface area (TPSA) is 160 Å². The van der Waals surface area contributed by atoms with Gasteiger partial charge in [-0.25, -0.2) is 9.97 Å². The average Bonchev–Trinajstić information content (AvgIpc) is 3.46. The summed E-state index contributed by atoms with van der Waals surface area (Å²) in [6.45, 7) is 6.47. The van der Waals surface area contributed by atoms with E-state index >= 15 is 0 Å². The van der Waals surface area contributed by atoms with Crippen LogP contribution in [0.5, 0.6) is 5.75 Å². The number of hydrogen-bond donors (Lipinski definition) is 2. The molecular weight excluding hydrogens is 695 g/mol. The molecule has 1 atom stereocenters. The van der Waals surface area contributed by atoms with Gasteiger partial charge in [0.05, 0.1) is 40.9 Å². The van der Waals surface area contributed by atoms with Crippen LogP contribution in [-0.2, 0) is 28.7 Å². The van der Waals surface area contributed by atoms with Gasteiger partial charge >= 0.3 is 6.18 Å². The van der Waals surface area contributed by atoms with E-state index in [1.807, 2.05) is 24.8 Å². The van der Waals surface area contributed by atoms with E-state index in [1.54, 1.807) is 16.4 Å². The molecule has 0 bridgehead atoms. The Morgan fingerprint density at radius 1 is 1.18 bits per heavy atom. The smallest absolute Gasteiger partial charge is 0.416 e. The van der Waals surface area contributed by atoms with Gasteiger partial charge in [-0.1, -0.05) is 24.6 Å². The zero-order chi connectivity index (χ0) is 36.6. The number of aromatic hydroxyl groups is 1. The third kappa shape index (κ3) is 7.12. The molecule has 2 aliphatic rings. The number of rotatable bonds is 7. The number of nitrogens with zero attached hydrogens (tertiary/aromatic N) is 8. The third-order valence-corrected chi connectivity index (χ3v) is 9.34. The second-order valence-electron chi connectivity index (χ2n) is 12.3. The van der Waals surface area contributed by atoms with E-state index in [4.69, 9.17) is 16.3 Å². The lowest BCUT2D eigenvalue weighted by Gasteiger charge is -2.27. The summed E-state index contributed by atoms with van der Waals surface area (Å²) in [6.07, 6.45) is -0.311. The molecule has 2 amide bonds.